The van der Waals surface area contributed by atoms with E-state index in [0.717, 1.165) is 14.4 Å². The SMILES string of the molecule is Cc1ccc(CSc2nnc(SCC(=O)N/N=C\c3ccccc3F)s2)cc1. The van der Waals surface area contributed by atoms with E-state index in [-0.39, 0.29) is 17.5 Å². The number of halogens is 1. The van der Waals surface area contributed by atoms with Crippen molar-refractivity contribution in [1.29, 1.82) is 0 Å². The summed E-state index contributed by atoms with van der Waals surface area (Å²) in [6, 6.07) is 14.6. The smallest absolute Gasteiger partial charge is 0.250 e. The molecule has 0 radical (unpaired) electrons. The van der Waals surface area contributed by atoms with Gasteiger partial charge in [0.25, 0.3) is 5.91 Å². The Balaban J connectivity index is 1.41. The van der Waals surface area contributed by atoms with Crippen LogP contribution in [0.3, 0.4) is 0 Å². The molecule has 0 aliphatic heterocycles. The Morgan fingerprint density at radius 1 is 1.14 bits per heavy atom. The van der Waals surface area contributed by atoms with E-state index >= 15 is 0 Å². The van der Waals surface area contributed by atoms with Gasteiger partial charge in [-0.05, 0) is 18.6 Å². The van der Waals surface area contributed by atoms with Crippen LogP contribution in [0.15, 0.2) is 62.3 Å². The standard InChI is InChI=1S/C19H17FN4OS3/c1-13-6-8-14(9-7-13)11-26-18-23-24-19(28-18)27-12-17(25)22-21-10-15-4-2-3-5-16(15)20/h2-10H,11-12H2,1H3,(H,22,25)/b21-10-. The summed E-state index contributed by atoms with van der Waals surface area (Å²) in [5, 5.41) is 12.0. The summed E-state index contributed by atoms with van der Waals surface area (Å²) in [6.07, 6.45) is 1.28. The molecule has 0 unspecified atom stereocenters. The number of carbonyl (C=O) groups excluding carboxylic acids is 1. The minimum Gasteiger partial charge on any atom is -0.272 e. The number of carbonyl (C=O) groups is 1. The molecule has 1 amide bonds. The molecule has 144 valence electrons. The highest BCUT2D eigenvalue weighted by atomic mass is 32.2. The summed E-state index contributed by atoms with van der Waals surface area (Å²) < 4.78 is 15.0. The molecule has 0 spiro atoms. The van der Waals surface area contributed by atoms with Crippen molar-refractivity contribution in [3.63, 3.8) is 0 Å². The molecule has 2 aromatic carbocycles. The van der Waals surface area contributed by atoms with Crippen LogP contribution in [-0.2, 0) is 10.5 Å². The summed E-state index contributed by atoms with van der Waals surface area (Å²) >= 11 is 4.37. The first-order chi connectivity index (χ1) is 13.6. The van der Waals surface area contributed by atoms with Crippen molar-refractivity contribution in [3.05, 3.63) is 71.0 Å². The molecule has 0 saturated heterocycles. The van der Waals surface area contributed by atoms with Gasteiger partial charge >= 0.3 is 0 Å². The Morgan fingerprint density at radius 2 is 1.86 bits per heavy atom. The van der Waals surface area contributed by atoms with Gasteiger partial charge in [-0.1, -0.05) is 82.9 Å². The highest BCUT2D eigenvalue weighted by Crippen LogP contribution is 2.30. The molecule has 0 aliphatic rings. The number of nitrogens with one attached hydrogen (secondary N) is 1. The van der Waals surface area contributed by atoms with Gasteiger partial charge in [-0.2, -0.15) is 5.10 Å². The molecular formula is C19H17FN4OS3. The maximum Gasteiger partial charge on any atom is 0.250 e. The molecule has 0 saturated carbocycles. The van der Waals surface area contributed by atoms with Crippen molar-refractivity contribution >= 4 is 47.0 Å². The Labute approximate surface area is 174 Å². The van der Waals surface area contributed by atoms with Gasteiger partial charge in [0.15, 0.2) is 8.68 Å². The molecular weight excluding hydrogens is 415 g/mol. The normalized spacial score (nSPS) is 11.1. The summed E-state index contributed by atoms with van der Waals surface area (Å²) in [6.45, 7) is 2.06. The van der Waals surface area contributed by atoms with Crippen LogP contribution < -0.4 is 5.43 Å². The minimum atomic E-state index is -0.389. The largest absolute Gasteiger partial charge is 0.272 e. The fourth-order valence-corrected chi connectivity index (χ4v) is 4.82. The molecule has 0 atom stereocenters. The lowest BCUT2D eigenvalue weighted by atomic mass is 10.2. The predicted molar refractivity (Wildman–Crippen MR) is 114 cm³/mol. The van der Waals surface area contributed by atoms with E-state index in [2.05, 4.69) is 51.9 Å². The minimum absolute atomic E-state index is 0.159. The summed E-state index contributed by atoms with van der Waals surface area (Å²) in [5.74, 6) is 0.303. The molecule has 1 N–H and O–H groups in total. The fourth-order valence-electron chi connectivity index (χ4n) is 2.06. The van der Waals surface area contributed by atoms with Gasteiger partial charge < -0.3 is 0 Å². The van der Waals surface area contributed by atoms with E-state index in [4.69, 9.17) is 0 Å². The average molecular weight is 433 g/mol. The average Bonchev–Trinajstić information content (AvgIpc) is 3.15. The summed E-state index contributed by atoms with van der Waals surface area (Å²) in [4.78, 5) is 11.8. The fraction of sp³-hybridized carbons (Fsp3) is 0.158. The Hall–Kier alpha value is -2.23. The van der Waals surface area contributed by atoms with Crippen LogP contribution in [0.5, 0.6) is 0 Å². The van der Waals surface area contributed by atoms with Crippen LogP contribution in [0.25, 0.3) is 0 Å². The zero-order chi connectivity index (χ0) is 19.8. The van der Waals surface area contributed by atoms with E-state index in [1.165, 1.54) is 46.5 Å². The van der Waals surface area contributed by atoms with Crippen molar-refractivity contribution in [1.82, 2.24) is 15.6 Å². The molecule has 0 fully saturated rings. The molecule has 9 heteroatoms. The lowest BCUT2D eigenvalue weighted by molar-refractivity contribution is -0.118. The number of benzene rings is 2. The molecule has 3 rings (SSSR count). The molecule has 1 heterocycles. The third-order valence-electron chi connectivity index (χ3n) is 3.50. The van der Waals surface area contributed by atoms with Crippen LogP contribution >= 0.6 is 34.9 Å². The van der Waals surface area contributed by atoms with Gasteiger partial charge in [-0.3, -0.25) is 4.79 Å². The molecule has 28 heavy (non-hydrogen) atoms. The van der Waals surface area contributed by atoms with Gasteiger partial charge in [0.05, 0.1) is 12.0 Å². The number of nitrogens with zero attached hydrogens (tertiary/aromatic N) is 3. The second-order valence-electron chi connectivity index (χ2n) is 5.71. The van der Waals surface area contributed by atoms with Crippen LogP contribution in [0.1, 0.15) is 16.7 Å². The maximum absolute atomic E-state index is 13.5. The second-order valence-corrected chi connectivity index (χ2v) is 9.13. The van der Waals surface area contributed by atoms with E-state index in [1.807, 2.05) is 0 Å². The van der Waals surface area contributed by atoms with Crippen LogP contribution in [0, 0.1) is 12.7 Å². The topological polar surface area (TPSA) is 67.2 Å². The highest BCUT2D eigenvalue weighted by molar-refractivity contribution is 8.03. The third kappa shape index (κ3) is 6.43. The van der Waals surface area contributed by atoms with Crippen molar-refractivity contribution in [2.45, 2.75) is 21.4 Å². The molecule has 1 aromatic heterocycles. The van der Waals surface area contributed by atoms with Crippen LogP contribution in [-0.4, -0.2) is 28.1 Å². The number of rotatable bonds is 8. The van der Waals surface area contributed by atoms with Crippen molar-refractivity contribution in [2.24, 2.45) is 5.10 Å². The lowest BCUT2D eigenvalue weighted by Gasteiger charge is -1.99. The van der Waals surface area contributed by atoms with Crippen LogP contribution in [0.2, 0.25) is 0 Å². The highest BCUT2D eigenvalue weighted by Gasteiger charge is 2.08. The van der Waals surface area contributed by atoms with Crippen molar-refractivity contribution in [3.8, 4) is 0 Å². The number of aryl methyl sites for hydroxylation is 1. The Morgan fingerprint density at radius 3 is 2.61 bits per heavy atom. The van der Waals surface area contributed by atoms with E-state index in [1.54, 1.807) is 30.0 Å². The lowest BCUT2D eigenvalue weighted by Crippen LogP contribution is -2.19. The number of hydrogen-bond donors (Lipinski definition) is 1. The molecule has 3 aromatic rings. The predicted octanol–water partition coefficient (Wildman–Crippen LogP) is 4.52. The zero-order valence-electron chi connectivity index (χ0n) is 15.0. The quantitative estimate of drug-likeness (QED) is 0.322. The number of thioether (sulfide) groups is 2. The van der Waals surface area contributed by atoms with Gasteiger partial charge in [0, 0.05) is 11.3 Å². The van der Waals surface area contributed by atoms with E-state index in [9.17, 15) is 9.18 Å². The molecule has 5 nitrogen and oxygen atoms in total. The second kappa shape index (κ2) is 10.4. The van der Waals surface area contributed by atoms with E-state index < -0.39 is 0 Å². The summed E-state index contributed by atoms with van der Waals surface area (Å²) in [7, 11) is 0. The Kier molecular flexibility index (Phi) is 7.58. The number of hydrazone groups is 1. The first kappa shape index (κ1) is 20.5. The van der Waals surface area contributed by atoms with Gasteiger partial charge in [-0.25, -0.2) is 9.82 Å². The molecule has 0 aliphatic carbocycles. The van der Waals surface area contributed by atoms with Gasteiger partial charge in [0.2, 0.25) is 0 Å². The number of aromatic nitrogens is 2. The van der Waals surface area contributed by atoms with Gasteiger partial charge in [-0.15, -0.1) is 10.2 Å². The van der Waals surface area contributed by atoms with Gasteiger partial charge in [0.1, 0.15) is 5.82 Å². The maximum atomic E-state index is 13.5. The van der Waals surface area contributed by atoms with Crippen molar-refractivity contribution < 1.29 is 9.18 Å². The third-order valence-corrected chi connectivity index (χ3v) is 6.76. The number of amides is 1. The molecule has 0 bridgehead atoms. The first-order valence-electron chi connectivity index (χ1n) is 8.31. The number of hydrogen-bond acceptors (Lipinski definition) is 7. The summed E-state index contributed by atoms with van der Waals surface area (Å²) in [5.41, 5.74) is 5.16. The Bertz CT molecular complexity index is 960. The monoisotopic (exact) mass is 432 g/mol. The zero-order valence-corrected chi connectivity index (χ0v) is 17.4. The first-order valence-corrected chi connectivity index (χ1v) is 11.1. The van der Waals surface area contributed by atoms with Crippen molar-refractivity contribution in [2.75, 3.05) is 5.75 Å². The van der Waals surface area contributed by atoms with E-state index in [0.29, 0.717) is 5.56 Å². The van der Waals surface area contributed by atoms with Crippen LogP contribution in [0.4, 0.5) is 4.39 Å².